The first-order valence-electron chi connectivity index (χ1n) is 13.1. The van der Waals surface area contributed by atoms with Gasteiger partial charge in [0.05, 0.1) is 8.47 Å². The van der Waals surface area contributed by atoms with Gasteiger partial charge in [0.25, 0.3) is 0 Å². The van der Waals surface area contributed by atoms with E-state index in [2.05, 4.69) is 146 Å². The molecule has 0 saturated carbocycles. The van der Waals surface area contributed by atoms with Crippen molar-refractivity contribution < 1.29 is 0 Å². The summed E-state index contributed by atoms with van der Waals surface area (Å²) in [6.07, 6.45) is 0. The van der Waals surface area contributed by atoms with Gasteiger partial charge < -0.3 is 0 Å². The lowest BCUT2D eigenvalue weighted by Gasteiger charge is -2.08. The lowest BCUT2D eigenvalue weighted by Crippen LogP contribution is -2.13. The fourth-order valence-corrected chi connectivity index (χ4v) is 9.92. The topological polar surface area (TPSA) is 0 Å². The van der Waals surface area contributed by atoms with E-state index in [0.717, 1.165) is 0 Å². The maximum atomic E-state index is 2.39. The van der Waals surface area contributed by atoms with Crippen LogP contribution < -0.4 is 10.4 Å². The Labute approximate surface area is 251 Å². The quantitative estimate of drug-likeness (QED) is 0.166. The molecule has 0 amide bonds. The zero-order chi connectivity index (χ0) is 26.7. The minimum Gasteiger partial charge on any atom is -0.0809 e. The van der Waals surface area contributed by atoms with Crippen molar-refractivity contribution in [2.75, 3.05) is 0 Å². The molecule has 0 atom stereocenters. The van der Waals surface area contributed by atoms with Crippen molar-refractivity contribution in [3.05, 3.63) is 156 Å². The van der Waals surface area contributed by atoms with E-state index in [-0.39, 0.29) is 0 Å². The van der Waals surface area contributed by atoms with Crippen LogP contribution in [0.1, 0.15) is 0 Å². The zero-order valence-corrected chi connectivity index (χ0v) is 24.8. The number of thioether (sulfide) groups is 4. The highest BCUT2D eigenvalue weighted by Gasteiger charge is 2.20. The first kappa shape index (κ1) is 25.7. The maximum absolute atomic E-state index is 2.39. The average molecular weight is 585 g/mol. The molecule has 2 aliphatic heterocycles. The summed E-state index contributed by atoms with van der Waals surface area (Å²) in [6.45, 7) is 0. The summed E-state index contributed by atoms with van der Waals surface area (Å²) in [5, 5.41) is 7.77. The van der Waals surface area contributed by atoms with E-state index >= 15 is 0 Å². The van der Waals surface area contributed by atoms with Gasteiger partial charge in [0, 0.05) is 30.0 Å². The van der Waals surface area contributed by atoms with Crippen LogP contribution in [-0.4, -0.2) is 0 Å². The van der Waals surface area contributed by atoms with E-state index in [0.29, 0.717) is 0 Å². The monoisotopic (exact) mass is 584 g/mol. The molecule has 5 aromatic carbocycles. The molecule has 0 unspecified atom stereocenters. The molecule has 0 fully saturated rings. The van der Waals surface area contributed by atoms with E-state index in [1.165, 1.54) is 60.0 Å². The third-order valence-electron chi connectivity index (χ3n) is 6.72. The van der Waals surface area contributed by atoms with Crippen LogP contribution in [0, 0.1) is 0 Å². The molecule has 0 saturated heterocycles. The molecule has 5 aromatic rings. The van der Waals surface area contributed by atoms with E-state index in [1.807, 2.05) is 47.0 Å². The number of hydrogen-bond donors (Lipinski definition) is 0. The third-order valence-corrected chi connectivity index (χ3v) is 11.9. The van der Waals surface area contributed by atoms with E-state index in [1.54, 1.807) is 0 Å². The van der Waals surface area contributed by atoms with Crippen molar-refractivity contribution in [1.82, 2.24) is 0 Å². The van der Waals surface area contributed by atoms with Crippen LogP contribution in [0.25, 0.3) is 30.0 Å². The van der Waals surface area contributed by atoms with Gasteiger partial charge in [-0.3, -0.25) is 0 Å². The summed E-state index contributed by atoms with van der Waals surface area (Å²) in [5.74, 6) is 0. The molecule has 0 spiro atoms. The zero-order valence-electron chi connectivity index (χ0n) is 21.5. The Bertz CT molecular complexity index is 1810. The van der Waals surface area contributed by atoms with Gasteiger partial charge >= 0.3 is 0 Å². The van der Waals surface area contributed by atoms with Crippen molar-refractivity contribution in [2.24, 2.45) is 0 Å². The first-order chi connectivity index (χ1) is 19.8. The van der Waals surface area contributed by atoms with Crippen molar-refractivity contribution >= 4 is 77.1 Å². The average Bonchev–Trinajstić information content (AvgIpc) is 3.59. The number of benzene rings is 3. The van der Waals surface area contributed by atoms with Gasteiger partial charge in [-0.15, -0.1) is 0 Å². The molecule has 0 aromatic heterocycles. The summed E-state index contributed by atoms with van der Waals surface area (Å²) in [5.41, 5.74) is 0. The van der Waals surface area contributed by atoms with Crippen molar-refractivity contribution in [3.63, 3.8) is 0 Å². The van der Waals surface area contributed by atoms with Crippen molar-refractivity contribution in [3.8, 4) is 0 Å². The molecule has 0 bridgehead atoms. The molecule has 4 heteroatoms. The van der Waals surface area contributed by atoms with Gasteiger partial charge in [-0.25, -0.2) is 0 Å². The molecular weight excluding hydrogens is 561 g/mol. The molecule has 0 radical (unpaired) electrons. The Morgan fingerprint density at radius 2 is 0.600 bits per heavy atom. The summed E-state index contributed by atoms with van der Waals surface area (Å²) >= 11 is 7.50. The van der Waals surface area contributed by atoms with Gasteiger partial charge in [0.1, 0.15) is 0 Å². The second-order valence-electron chi connectivity index (χ2n) is 9.32. The molecule has 0 aliphatic carbocycles. The standard InChI is InChI=1S/C36H24S4/c1-2-6-10-18-32-31(17-9-5-1)37-35(38-32)27-21-22-28(30-24-26-16-14-13-15-25(26)23-29(27)30)36-39-33-19-11-7-3-4-8-12-20-34(33)40-36/h1-24H. The third kappa shape index (κ3) is 5.25. The summed E-state index contributed by atoms with van der Waals surface area (Å²) in [4.78, 5) is 5.18. The van der Waals surface area contributed by atoms with Crippen LogP contribution >= 0.6 is 47.0 Å². The van der Waals surface area contributed by atoms with Crippen LogP contribution in [0.2, 0.25) is 0 Å². The predicted octanol–water partition coefficient (Wildman–Crippen LogP) is 10.2. The smallest absolute Gasteiger partial charge is 0.0578 e. The van der Waals surface area contributed by atoms with Crippen LogP contribution in [0.5, 0.6) is 0 Å². The Hall–Kier alpha value is -3.28. The lowest BCUT2D eigenvalue weighted by atomic mass is 10.0. The van der Waals surface area contributed by atoms with Gasteiger partial charge in [-0.05, 0) is 57.9 Å². The molecule has 0 nitrogen and oxygen atoms in total. The summed E-state index contributed by atoms with van der Waals surface area (Å²) in [6, 6.07) is 52.2. The largest absolute Gasteiger partial charge is 0.0809 e. The second kappa shape index (κ2) is 11.7. The molecular formula is C36H24S4. The summed E-state index contributed by atoms with van der Waals surface area (Å²) in [7, 11) is 0. The summed E-state index contributed by atoms with van der Waals surface area (Å²) < 4.78 is 2.66. The highest BCUT2D eigenvalue weighted by molar-refractivity contribution is 8.32. The van der Waals surface area contributed by atoms with E-state index < -0.39 is 0 Å². The normalized spacial score (nSPS) is 13.5. The predicted molar refractivity (Wildman–Crippen MR) is 179 cm³/mol. The Balaban J connectivity index is 1.48. The number of rotatable bonds is 0. The fourth-order valence-electron chi connectivity index (χ4n) is 4.80. The van der Waals surface area contributed by atoms with Crippen molar-refractivity contribution in [2.45, 2.75) is 19.6 Å². The highest BCUT2D eigenvalue weighted by atomic mass is 32.2. The molecule has 2 heterocycles. The lowest BCUT2D eigenvalue weighted by molar-refractivity contribution is 1.29. The van der Waals surface area contributed by atoms with Crippen LogP contribution in [0.4, 0.5) is 0 Å². The second-order valence-corrected chi connectivity index (χ2v) is 14.0. The Morgan fingerprint density at radius 3 is 0.950 bits per heavy atom. The van der Waals surface area contributed by atoms with E-state index in [4.69, 9.17) is 0 Å². The number of fused-ring (bicyclic) bond motifs is 4. The molecule has 2 aliphatic rings. The maximum Gasteiger partial charge on any atom is 0.0578 e. The first-order valence-corrected chi connectivity index (χ1v) is 16.4. The Kier molecular flexibility index (Phi) is 7.50. The highest BCUT2D eigenvalue weighted by Crippen LogP contribution is 2.52. The molecule has 7 rings (SSSR count). The molecule has 192 valence electrons. The van der Waals surface area contributed by atoms with E-state index in [9.17, 15) is 0 Å². The van der Waals surface area contributed by atoms with Gasteiger partial charge in [-0.1, -0.05) is 156 Å². The van der Waals surface area contributed by atoms with Gasteiger partial charge in [-0.2, -0.15) is 0 Å². The van der Waals surface area contributed by atoms with Crippen molar-refractivity contribution in [1.29, 1.82) is 0 Å². The fraction of sp³-hybridized carbons (Fsp3) is 0. The Morgan fingerprint density at radius 1 is 0.300 bits per heavy atom. The van der Waals surface area contributed by atoms with Gasteiger partial charge in [0.2, 0.25) is 0 Å². The SMILES string of the molecule is c1ccccc2c(ccc1)SC(=c1ccc(=C3Sc4ccccccccc4S3)c3cc4ccccc4cc13)S2. The minimum absolute atomic E-state index is 1.27. The van der Waals surface area contributed by atoms with Crippen LogP contribution in [0.15, 0.2) is 165 Å². The molecule has 0 N–H and O–H groups in total. The molecule has 40 heavy (non-hydrogen) atoms. The van der Waals surface area contributed by atoms with Crippen LogP contribution in [0.3, 0.4) is 0 Å². The van der Waals surface area contributed by atoms with Crippen LogP contribution in [-0.2, 0) is 0 Å². The minimum atomic E-state index is 1.27. The number of hydrogen-bond acceptors (Lipinski definition) is 4. The van der Waals surface area contributed by atoms with Gasteiger partial charge in [0.15, 0.2) is 0 Å².